The Morgan fingerprint density at radius 2 is 0.618 bits per heavy atom. The third kappa shape index (κ3) is 53.1. The molecule has 0 aromatic rings. The van der Waals surface area contributed by atoms with E-state index in [-0.39, 0.29) is 35.6 Å². The molecule has 1 radical (unpaired) electrons. The average molecular weight is 608 g/mol. The minimum absolute atomic E-state index is 0. The number of aliphatic imine (C=N–C) groups is 3. The first-order valence-corrected chi connectivity index (χ1v) is 13.0. The molecule has 0 unspecified atom stereocenters. The SMILES string of the molecule is CC(C)CN=CNCC(C)C.CC(C)CN=CNCC(C)C.CC(C)CN=CNCC(C)C.[La]. The second-order valence-electron chi connectivity index (χ2n) is 11.1. The zero-order valence-corrected chi connectivity index (χ0v) is 28.5. The fraction of sp³-hybridized carbons (Fsp3) is 0.889. The molecule has 0 saturated heterocycles. The second-order valence-corrected chi connectivity index (χ2v) is 11.1. The maximum Gasteiger partial charge on any atom is 0.0824 e. The van der Waals surface area contributed by atoms with E-state index in [1.807, 2.05) is 19.0 Å². The molecule has 3 N–H and O–H groups in total. The van der Waals surface area contributed by atoms with Crippen LogP contribution >= 0.6 is 0 Å². The molecule has 0 atom stereocenters. The van der Waals surface area contributed by atoms with Gasteiger partial charge in [-0.2, -0.15) is 0 Å². The summed E-state index contributed by atoms with van der Waals surface area (Å²) in [6.07, 6.45) is 5.46. The van der Waals surface area contributed by atoms with E-state index in [4.69, 9.17) is 0 Å². The molecule has 0 aromatic heterocycles. The minimum Gasteiger partial charge on any atom is -0.376 e. The van der Waals surface area contributed by atoms with E-state index >= 15 is 0 Å². The molecule has 0 rings (SSSR count). The van der Waals surface area contributed by atoms with Gasteiger partial charge in [0.1, 0.15) is 0 Å². The molecule has 0 spiro atoms. The van der Waals surface area contributed by atoms with Gasteiger partial charge in [0.15, 0.2) is 0 Å². The van der Waals surface area contributed by atoms with E-state index in [0.717, 1.165) is 39.3 Å². The number of rotatable bonds is 15. The number of nitrogens with zero attached hydrogens (tertiary/aromatic N) is 3. The van der Waals surface area contributed by atoms with Crippen molar-refractivity contribution in [2.45, 2.75) is 83.1 Å². The largest absolute Gasteiger partial charge is 0.376 e. The summed E-state index contributed by atoms with van der Waals surface area (Å²) in [5.41, 5.74) is 0. The van der Waals surface area contributed by atoms with Crippen LogP contribution in [0.4, 0.5) is 0 Å². The molecule has 34 heavy (non-hydrogen) atoms. The van der Waals surface area contributed by atoms with Gasteiger partial charge in [-0.3, -0.25) is 15.0 Å². The van der Waals surface area contributed by atoms with Gasteiger partial charge in [0.05, 0.1) is 19.0 Å². The molecular formula is C27H60LaN6. The summed E-state index contributed by atoms with van der Waals surface area (Å²) in [6.45, 7) is 31.9. The smallest absolute Gasteiger partial charge is 0.0824 e. The summed E-state index contributed by atoms with van der Waals surface area (Å²) in [6, 6.07) is 0. The Hall–Kier alpha value is -0.395. The molecule has 0 aliphatic rings. The monoisotopic (exact) mass is 607 g/mol. The van der Waals surface area contributed by atoms with E-state index in [9.17, 15) is 0 Å². The van der Waals surface area contributed by atoms with Gasteiger partial charge < -0.3 is 16.0 Å². The molecule has 7 heteroatoms. The Labute approximate surface area is 242 Å². The molecule has 0 amide bonds. The van der Waals surface area contributed by atoms with Crippen molar-refractivity contribution in [1.82, 2.24) is 16.0 Å². The molecule has 0 aliphatic heterocycles. The fourth-order valence-electron chi connectivity index (χ4n) is 1.85. The van der Waals surface area contributed by atoms with Crippen LogP contribution in [0.1, 0.15) is 83.1 Å². The Balaban J connectivity index is -0.000000196. The summed E-state index contributed by atoms with van der Waals surface area (Å²) in [7, 11) is 0. The Morgan fingerprint density at radius 3 is 0.765 bits per heavy atom. The van der Waals surface area contributed by atoms with Gasteiger partial charge >= 0.3 is 0 Å². The second kappa shape index (κ2) is 30.6. The third-order valence-electron chi connectivity index (χ3n) is 3.54. The zero-order chi connectivity index (χ0) is 26.1. The van der Waals surface area contributed by atoms with Crippen LogP contribution in [-0.4, -0.2) is 58.3 Å². The first kappa shape index (κ1) is 40.8. The summed E-state index contributed by atoms with van der Waals surface area (Å²) in [5, 5.41) is 9.45. The molecule has 201 valence electrons. The van der Waals surface area contributed by atoms with Gasteiger partial charge in [0.2, 0.25) is 0 Å². The van der Waals surface area contributed by atoms with Crippen LogP contribution in [0, 0.1) is 71.1 Å². The van der Waals surface area contributed by atoms with Gasteiger partial charge in [-0.1, -0.05) is 83.1 Å². The van der Waals surface area contributed by atoms with Crippen molar-refractivity contribution in [1.29, 1.82) is 0 Å². The molecule has 0 aliphatic carbocycles. The molecule has 0 saturated carbocycles. The normalized spacial score (nSPS) is 11.5. The molecule has 0 aromatic carbocycles. The Kier molecular flexibility index (Phi) is 36.7. The molecule has 6 nitrogen and oxygen atoms in total. The van der Waals surface area contributed by atoms with Crippen molar-refractivity contribution in [3.8, 4) is 0 Å². The van der Waals surface area contributed by atoms with Crippen LogP contribution < -0.4 is 16.0 Å². The van der Waals surface area contributed by atoms with Crippen LogP contribution in [-0.2, 0) is 0 Å². The van der Waals surface area contributed by atoms with Gasteiger partial charge in [-0.05, 0) is 35.5 Å². The average Bonchev–Trinajstić information content (AvgIpc) is 2.67. The standard InChI is InChI=1S/3C9H20N2.La/c3*1-8(2)5-10-7-11-6-9(3)4;/h3*7-9H,5-6H2,1-4H3,(H,10,11);. The third-order valence-corrected chi connectivity index (χ3v) is 3.54. The van der Waals surface area contributed by atoms with Crippen LogP contribution in [0.5, 0.6) is 0 Å². The first-order valence-electron chi connectivity index (χ1n) is 13.0. The fourth-order valence-corrected chi connectivity index (χ4v) is 1.85. The minimum atomic E-state index is 0. The van der Waals surface area contributed by atoms with Gasteiger partial charge in [-0.15, -0.1) is 0 Å². The summed E-state index contributed by atoms with van der Waals surface area (Å²) in [4.78, 5) is 12.6. The Morgan fingerprint density at radius 1 is 0.412 bits per heavy atom. The predicted octanol–water partition coefficient (Wildman–Crippen LogP) is 5.75. The van der Waals surface area contributed by atoms with E-state index in [2.05, 4.69) is 114 Å². The predicted molar refractivity (Wildman–Crippen MR) is 153 cm³/mol. The summed E-state index contributed by atoms with van der Waals surface area (Å²) < 4.78 is 0. The van der Waals surface area contributed by atoms with Gasteiger partial charge in [0, 0.05) is 74.9 Å². The zero-order valence-electron chi connectivity index (χ0n) is 24.9. The van der Waals surface area contributed by atoms with E-state index in [1.165, 1.54) is 0 Å². The van der Waals surface area contributed by atoms with Crippen LogP contribution in [0.3, 0.4) is 0 Å². The molecule has 0 bridgehead atoms. The van der Waals surface area contributed by atoms with Crippen molar-refractivity contribution < 1.29 is 35.6 Å². The molecular weight excluding hydrogens is 547 g/mol. The van der Waals surface area contributed by atoms with E-state index < -0.39 is 0 Å². The summed E-state index contributed by atoms with van der Waals surface area (Å²) >= 11 is 0. The van der Waals surface area contributed by atoms with Crippen molar-refractivity contribution in [2.75, 3.05) is 39.3 Å². The first-order chi connectivity index (χ1) is 15.4. The Bertz CT molecular complexity index is 391. The number of hydrogen-bond acceptors (Lipinski definition) is 3. The van der Waals surface area contributed by atoms with E-state index in [1.54, 1.807) is 0 Å². The van der Waals surface area contributed by atoms with Gasteiger partial charge in [-0.25, -0.2) is 0 Å². The molecule has 0 fully saturated rings. The van der Waals surface area contributed by atoms with Crippen LogP contribution in [0.2, 0.25) is 0 Å². The van der Waals surface area contributed by atoms with Crippen LogP contribution in [0.15, 0.2) is 15.0 Å². The maximum atomic E-state index is 4.21. The number of nitrogens with one attached hydrogen (secondary N) is 3. The summed E-state index contributed by atoms with van der Waals surface area (Å²) in [5.74, 6) is 4.06. The van der Waals surface area contributed by atoms with Crippen LogP contribution in [0.25, 0.3) is 0 Å². The van der Waals surface area contributed by atoms with Crippen molar-refractivity contribution in [3.63, 3.8) is 0 Å². The topological polar surface area (TPSA) is 73.2 Å². The van der Waals surface area contributed by atoms with Crippen molar-refractivity contribution in [3.05, 3.63) is 0 Å². The van der Waals surface area contributed by atoms with E-state index in [0.29, 0.717) is 35.5 Å². The van der Waals surface area contributed by atoms with Crippen molar-refractivity contribution >= 4 is 19.0 Å². The quantitative estimate of drug-likeness (QED) is 0.164. The van der Waals surface area contributed by atoms with Gasteiger partial charge in [0.25, 0.3) is 0 Å². The number of hydrogen-bond donors (Lipinski definition) is 3. The van der Waals surface area contributed by atoms with Crippen molar-refractivity contribution in [2.24, 2.45) is 50.5 Å². The molecule has 0 heterocycles. The maximum absolute atomic E-state index is 4.21.